The van der Waals surface area contributed by atoms with Crippen molar-refractivity contribution in [2.75, 3.05) is 0 Å². The molecule has 0 aliphatic rings. The molecule has 2 N–H and O–H groups in total. The van der Waals surface area contributed by atoms with Gasteiger partial charge in [0.1, 0.15) is 0 Å². The molecule has 0 spiro atoms. The lowest BCUT2D eigenvalue weighted by Crippen LogP contribution is -2.23. The van der Waals surface area contributed by atoms with Crippen molar-refractivity contribution < 1.29 is 18.0 Å². The Morgan fingerprint density at radius 3 is 2.65 bits per heavy atom. The zero-order valence-corrected chi connectivity index (χ0v) is 14.0. The summed E-state index contributed by atoms with van der Waals surface area (Å²) in [7, 11) is 0. The van der Waals surface area contributed by atoms with E-state index in [2.05, 4.69) is 15.5 Å². The number of hydrogen-bond acceptors (Lipinski definition) is 2. The number of hydrogen-bond donors (Lipinski definition) is 2. The molecule has 0 bridgehead atoms. The van der Waals surface area contributed by atoms with Crippen molar-refractivity contribution in [2.24, 2.45) is 0 Å². The molecular weight excluding hydrogens is 367 g/mol. The maximum absolute atomic E-state index is 12.8. The maximum atomic E-state index is 12.8. The van der Waals surface area contributed by atoms with Crippen LogP contribution in [0.4, 0.5) is 13.2 Å². The molecule has 8 heteroatoms. The predicted molar refractivity (Wildman–Crippen MR) is 91.6 cm³/mol. The average molecular weight is 380 g/mol. The first-order valence-electron chi connectivity index (χ1n) is 7.58. The number of rotatable bonds is 4. The summed E-state index contributed by atoms with van der Waals surface area (Å²) >= 11 is 5.96. The first-order chi connectivity index (χ1) is 12.3. The van der Waals surface area contributed by atoms with Gasteiger partial charge in [0.05, 0.1) is 23.0 Å². The first-order valence-corrected chi connectivity index (χ1v) is 7.96. The van der Waals surface area contributed by atoms with E-state index in [-0.39, 0.29) is 12.1 Å². The molecule has 1 aromatic heterocycles. The van der Waals surface area contributed by atoms with Gasteiger partial charge in [-0.25, -0.2) is 0 Å². The van der Waals surface area contributed by atoms with Gasteiger partial charge in [-0.2, -0.15) is 18.3 Å². The summed E-state index contributed by atoms with van der Waals surface area (Å²) in [6.45, 7) is -0.0388. The summed E-state index contributed by atoms with van der Waals surface area (Å²) in [5, 5.41) is 9.72. The summed E-state index contributed by atoms with van der Waals surface area (Å²) in [6, 6.07) is 11.7. The van der Waals surface area contributed by atoms with Gasteiger partial charge in [0.25, 0.3) is 5.91 Å². The van der Waals surface area contributed by atoms with Crippen LogP contribution in [0.2, 0.25) is 5.02 Å². The minimum Gasteiger partial charge on any atom is -0.348 e. The van der Waals surface area contributed by atoms with Gasteiger partial charge < -0.3 is 5.32 Å². The van der Waals surface area contributed by atoms with Crippen LogP contribution in [-0.2, 0) is 12.7 Å². The van der Waals surface area contributed by atoms with Crippen molar-refractivity contribution in [3.8, 4) is 11.3 Å². The molecule has 1 amide bonds. The molecule has 0 saturated carbocycles. The van der Waals surface area contributed by atoms with E-state index < -0.39 is 17.6 Å². The van der Waals surface area contributed by atoms with Crippen LogP contribution in [0.5, 0.6) is 0 Å². The van der Waals surface area contributed by atoms with Gasteiger partial charge in [-0.3, -0.25) is 9.89 Å². The number of alkyl halides is 3. The Balaban J connectivity index is 1.75. The Morgan fingerprint density at radius 1 is 1.15 bits per heavy atom. The van der Waals surface area contributed by atoms with Crippen molar-refractivity contribution in [1.82, 2.24) is 15.5 Å². The second-order valence-corrected chi connectivity index (χ2v) is 5.99. The van der Waals surface area contributed by atoms with Gasteiger partial charge in [-0.1, -0.05) is 35.9 Å². The molecule has 0 aliphatic heterocycles. The molecule has 3 aromatic rings. The van der Waals surface area contributed by atoms with E-state index in [1.165, 1.54) is 18.3 Å². The van der Waals surface area contributed by atoms with Crippen LogP contribution in [0, 0.1) is 0 Å². The molecule has 1 heterocycles. The number of carbonyl (C=O) groups excluding carboxylic acids is 1. The Hall–Kier alpha value is -2.80. The summed E-state index contributed by atoms with van der Waals surface area (Å²) in [5.41, 5.74) is 1.03. The van der Waals surface area contributed by atoms with E-state index in [0.717, 1.165) is 12.1 Å². The van der Waals surface area contributed by atoms with Crippen LogP contribution in [-0.4, -0.2) is 16.1 Å². The smallest absolute Gasteiger partial charge is 0.348 e. The zero-order chi connectivity index (χ0) is 18.7. The van der Waals surface area contributed by atoms with Crippen LogP contribution in [0.1, 0.15) is 21.5 Å². The zero-order valence-electron chi connectivity index (χ0n) is 13.3. The van der Waals surface area contributed by atoms with Crippen molar-refractivity contribution in [2.45, 2.75) is 12.7 Å². The van der Waals surface area contributed by atoms with Crippen molar-refractivity contribution >= 4 is 17.5 Å². The molecule has 0 aliphatic carbocycles. The van der Waals surface area contributed by atoms with E-state index >= 15 is 0 Å². The second kappa shape index (κ2) is 7.21. The summed E-state index contributed by atoms with van der Waals surface area (Å²) in [4.78, 5) is 12.4. The Morgan fingerprint density at radius 2 is 1.92 bits per heavy atom. The quantitative estimate of drug-likeness (QED) is 0.691. The number of aromatic nitrogens is 2. The molecule has 134 valence electrons. The van der Waals surface area contributed by atoms with E-state index in [9.17, 15) is 18.0 Å². The van der Waals surface area contributed by atoms with E-state index in [0.29, 0.717) is 21.8 Å². The number of amides is 1. The molecule has 0 unspecified atom stereocenters. The van der Waals surface area contributed by atoms with Gasteiger partial charge in [0, 0.05) is 17.1 Å². The number of aromatic amines is 1. The maximum Gasteiger partial charge on any atom is 0.416 e. The molecular formula is C18H13ClF3N3O. The van der Waals surface area contributed by atoms with E-state index in [1.54, 1.807) is 24.3 Å². The summed E-state index contributed by atoms with van der Waals surface area (Å²) < 4.78 is 38.3. The number of H-pyrrole nitrogens is 1. The number of nitrogens with one attached hydrogen (secondary N) is 2. The molecule has 4 nitrogen and oxygen atoms in total. The molecule has 0 fully saturated rings. The fourth-order valence-electron chi connectivity index (χ4n) is 2.46. The van der Waals surface area contributed by atoms with Gasteiger partial charge in [-0.15, -0.1) is 0 Å². The minimum atomic E-state index is -4.43. The third-order valence-electron chi connectivity index (χ3n) is 3.70. The lowest BCUT2D eigenvalue weighted by atomic mass is 10.1. The third kappa shape index (κ3) is 4.05. The molecule has 0 atom stereocenters. The lowest BCUT2D eigenvalue weighted by Gasteiger charge is -2.10. The standard InChI is InChI=1S/C18H13ClF3N3O/c19-14-6-2-4-12(8-14)16-15(10-24-25-16)17(26)23-9-11-3-1-5-13(7-11)18(20,21)22/h1-8,10H,9H2,(H,23,26)(H,24,25). The average Bonchev–Trinajstić information content (AvgIpc) is 3.09. The molecule has 0 saturated heterocycles. The van der Waals surface area contributed by atoms with Gasteiger partial charge in [0.15, 0.2) is 0 Å². The number of nitrogens with zero attached hydrogens (tertiary/aromatic N) is 1. The highest BCUT2D eigenvalue weighted by molar-refractivity contribution is 6.30. The van der Waals surface area contributed by atoms with Crippen LogP contribution in [0.15, 0.2) is 54.7 Å². The van der Waals surface area contributed by atoms with Crippen molar-refractivity contribution in [3.63, 3.8) is 0 Å². The first kappa shape index (κ1) is 18.0. The van der Waals surface area contributed by atoms with Crippen LogP contribution >= 0.6 is 11.6 Å². The predicted octanol–water partition coefficient (Wildman–Crippen LogP) is 4.68. The Bertz CT molecular complexity index is 937. The van der Waals surface area contributed by atoms with Crippen LogP contribution < -0.4 is 5.32 Å². The minimum absolute atomic E-state index is 0.0388. The highest BCUT2D eigenvalue weighted by atomic mass is 35.5. The Kier molecular flexibility index (Phi) is 4.99. The number of halogens is 4. The molecule has 0 radical (unpaired) electrons. The normalized spacial score (nSPS) is 11.4. The molecule has 3 rings (SSSR count). The lowest BCUT2D eigenvalue weighted by molar-refractivity contribution is -0.137. The highest BCUT2D eigenvalue weighted by Gasteiger charge is 2.30. The molecule has 26 heavy (non-hydrogen) atoms. The van der Waals surface area contributed by atoms with Crippen molar-refractivity contribution in [1.29, 1.82) is 0 Å². The number of carbonyl (C=O) groups is 1. The van der Waals surface area contributed by atoms with Gasteiger partial charge >= 0.3 is 6.18 Å². The SMILES string of the molecule is O=C(NCc1cccc(C(F)(F)F)c1)c1cn[nH]c1-c1cccc(Cl)c1. The molecule has 2 aromatic carbocycles. The topological polar surface area (TPSA) is 57.8 Å². The monoisotopic (exact) mass is 379 g/mol. The highest BCUT2D eigenvalue weighted by Crippen LogP contribution is 2.29. The van der Waals surface area contributed by atoms with E-state index in [1.807, 2.05) is 0 Å². The summed E-state index contributed by atoms with van der Waals surface area (Å²) in [6.07, 6.45) is -3.07. The fourth-order valence-corrected chi connectivity index (χ4v) is 2.65. The van der Waals surface area contributed by atoms with Crippen LogP contribution in [0.25, 0.3) is 11.3 Å². The largest absolute Gasteiger partial charge is 0.416 e. The summed E-state index contributed by atoms with van der Waals surface area (Å²) in [5.74, 6) is -0.453. The fraction of sp³-hybridized carbons (Fsp3) is 0.111. The van der Waals surface area contributed by atoms with Gasteiger partial charge in [0.2, 0.25) is 0 Å². The van der Waals surface area contributed by atoms with E-state index in [4.69, 9.17) is 11.6 Å². The third-order valence-corrected chi connectivity index (χ3v) is 3.94. The van der Waals surface area contributed by atoms with Crippen molar-refractivity contribution in [3.05, 3.63) is 76.4 Å². The second-order valence-electron chi connectivity index (χ2n) is 5.55. The van der Waals surface area contributed by atoms with Crippen LogP contribution in [0.3, 0.4) is 0 Å². The number of benzene rings is 2. The Labute approximate surface area is 152 Å². The van der Waals surface area contributed by atoms with Gasteiger partial charge in [-0.05, 0) is 29.8 Å².